The summed E-state index contributed by atoms with van der Waals surface area (Å²) in [5.41, 5.74) is 0.423. The van der Waals surface area contributed by atoms with Crippen molar-refractivity contribution in [2.45, 2.75) is 62.8 Å². The van der Waals surface area contributed by atoms with Gasteiger partial charge in [0.05, 0.1) is 13.2 Å². The highest BCUT2D eigenvalue weighted by molar-refractivity contribution is 6.70. The van der Waals surface area contributed by atoms with E-state index in [0.29, 0.717) is 31.3 Å². The quantitative estimate of drug-likeness (QED) is 0.122. The molecule has 0 aromatic carbocycles. The molecule has 12 heteroatoms. The second-order valence-corrected chi connectivity index (χ2v) is 15.2. The zero-order valence-corrected chi connectivity index (χ0v) is 25.1. The lowest BCUT2D eigenvalue weighted by molar-refractivity contribution is -0.139. The highest BCUT2D eigenvalue weighted by Crippen LogP contribution is 2.42. The van der Waals surface area contributed by atoms with Gasteiger partial charge in [-0.15, -0.1) is 0 Å². The summed E-state index contributed by atoms with van der Waals surface area (Å²) in [6.07, 6.45) is 6.44. The van der Waals surface area contributed by atoms with Gasteiger partial charge in [0.2, 0.25) is 0 Å². The second kappa shape index (κ2) is 18.0. The van der Waals surface area contributed by atoms with Crippen LogP contribution in [-0.2, 0) is 45.9 Å². The van der Waals surface area contributed by atoms with Gasteiger partial charge in [-0.3, -0.25) is 0 Å². The van der Waals surface area contributed by atoms with Crippen LogP contribution >= 0.6 is 0 Å². The number of ether oxygens (including phenoxy) is 3. The molecule has 10 nitrogen and oxygen atoms in total. The number of rotatable bonds is 16. The van der Waals surface area contributed by atoms with Crippen LogP contribution in [-0.4, -0.2) is 90.4 Å². The van der Waals surface area contributed by atoms with Gasteiger partial charge in [-0.1, -0.05) is 26.0 Å². The zero-order valence-electron chi connectivity index (χ0n) is 23.1. The molecule has 1 fully saturated rings. The van der Waals surface area contributed by atoms with Gasteiger partial charge in [0.15, 0.2) is 0 Å². The Hall–Kier alpha value is -1.39. The van der Waals surface area contributed by atoms with E-state index in [-0.39, 0.29) is 11.2 Å². The fourth-order valence-electron chi connectivity index (χ4n) is 4.24. The highest BCUT2D eigenvalue weighted by atomic mass is 28.4. The van der Waals surface area contributed by atoms with E-state index in [4.69, 9.17) is 36.3 Å². The lowest BCUT2D eigenvalue weighted by Crippen LogP contribution is -2.64. The molecule has 0 amide bonds. The Bertz CT molecular complexity index is 672. The number of hydrogen-bond donors (Lipinski definition) is 0. The molecule has 1 saturated heterocycles. The second-order valence-electron chi connectivity index (χ2n) is 8.36. The Morgan fingerprint density at radius 2 is 1.53 bits per heavy atom. The molecule has 1 rings (SSSR count). The first kappa shape index (κ1) is 34.6. The maximum Gasteiger partial charge on any atom is 0.500 e. The molecule has 1 heterocycles. The van der Waals surface area contributed by atoms with E-state index in [2.05, 4.69) is 13.2 Å². The standard InChI is InChI=1S/C15H28O5Si.C9H18O5Si/c1-13(2)14(16)20-11-8-10-15(17-3)9-6-7-12-21(15,18-4)19-5;1-5-9(10)14-7-6-8-15(11-2,12-3)13-4/h1,6-12H2,2-5H3;5H,1,6-8H2,2-4H3. The van der Waals surface area contributed by atoms with Gasteiger partial charge in [0, 0.05) is 60.4 Å². The number of carbonyl (C=O) groups excluding carboxylic acids is 2. The fourth-order valence-corrected chi connectivity index (χ4v) is 9.85. The van der Waals surface area contributed by atoms with Crippen molar-refractivity contribution in [3.63, 3.8) is 0 Å². The average molecular weight is 551 g/mol. The first-order valence-corrected chi connectivity index (χ1v) is 16.0. The van der Waals surface area contributed by atoms with Gasteiger partial charge >= 0.3 is 29.3 Å². The van der Waals surface area contributed by atoms with E-state index in [1.807, 2.05) is 0 Å². The van der Waals surface area contributed by atoms with E-state index in [1.54, 1.807) is 49.6 Å². The minimum absolute atomic E-state index is 0.315. The van der Waals surface area contributed by atoms with Crippen LogP contribution in [0.2, 0.25) is 12.1 Å². The summed E-state index contributed by atoms with van der Waals surface area (Å²) in [5, 5.41) is -0.357. The molecule has 1 aliphatic heterocycles. The SMILES string of the molecule is C=C(C)C(=O)OCCCC1(OC)CCCC[Si]1(OC)OC.C=CC(=O)OCCC[Si](OC)(OC)OC. The Balaban J connectivity index is 0.000000723. The van der Waals surface area contributed by atoms with Gasteiger partial charge in [0.1, 0.15) is 5.22 Å². The van der Waals surface area contributed by atoms with Crippen LogP contribution in [0.25, 0.3) is 0 Å². The van der Waals surface area contributed by atoms with Crippen molar-refractivity contribution in [1.82, 2.24) is 0 Å². The van der Waals surface area contributed by atoms with Crippen molar-refractivity contribution < 1.29 is 45.9 Å². The van der Waals surface area contributed by atoms with Crippen molar-refractivity contribution >= 4 is 29.3 Å². The molecule has 1 atom stereocenters. The van der Waals surface area contributed by atoms with Crippen molar-refractivity contribution in [2.75, 3.05) is 55.9 Å². The molecule has 1 aliphatic rings. The Morgan fingerprint density at radius 1 is 0.944 bits per heavy atom. The smallest absolute Gasteiger partial charge is 0.463 e. The molecule has 0 spiro atoms. The number of esters is 2. The van der Waals surface area contributed by atoms with Gasteiger partial charge in [-0.2, -0.15) is 0 Å². The summed E-state index contributed by atoms with van der Waals surface area (Å²) in [6.45, 7) is 9.20. The van der Waals surface area contributed by atoms with Gasteiger partial charge in [-0.25, -0.2) is 9.59 Å². The van der Waals surface area contributed by atoms with Gasteiger partial charge in [0.25, 0.3) is 0 Å². The fraction of sp³-hybridized carbons (Fsp3) is 0.750. The number of carbonyl (C=O) groups is 2. The van der Waals surface area contributed by atoms with Crippen LogP contribution in [0.4, 0.5) is 0 Å². The Kier molecular flexibility index (Phi) is 17.3. The Labute approximate surface area is 218 Å². The average Bonchev–Trinajstić information content (AvgIpc) is 2.91. The molecule has 0 radical (unpaired) electrons. The minimum Gasteiger partial charge on any atom is -0.463 e. The van der Waals surface area contributed by atoms with Crippen LogP contribution in [0, 0.1) is 0 Å². The minimum atomic E-state index is -2.52. The van der Waals surface area contributed by atoms with E-state index in [1.165, 1.54) is 0 Å². The van der Waals surface area contributed by atoms with Crippen LogP contribution in [0.3, 0.4) is 0 Å². The van der Waals surface area contributed by atoms with Crippen molar-refractivity contribution in [2.24, 2.45) is 0 Å². The molecule has 0 aromatic heterocycles. The largest absolute Gasteiger partial charge is 0.500 e. The van der Waals surface area contributed by atoms with Crippen molar-refractivity contribution in [3.05, 3.63) is 24.8 Å². The monoisotopic (exact) mass is 550 g/mol. The van der Waals surface area contributed by atoms with E-state index >= 15 is 0 Å². The van der Waals surface area contributed by atoms with Gasteiger partial charge in [-0.05, 0) is 38.7 Å². The lowest BCUT2D eigenvalue weighted by atomic mass is 10.1. The summed E-state index contributed by atoms with van der Waals surface area (Å²) >= 11 is 0. The summed E-state index contributed by atoms with van der Waals surface area (Å²) in [6, 6.07) is 1.56. The molecule has 210 valence electrons. The third-order valence-corrected chi connectivity index (χ3v) is 13.6. The summed E-state index contributed by atoms with van der Waals surface area (Å²) in [7, 11) is 4.91. The van der Waals surface area contributed by atoms with E-state index < -0.39 is 23.3 Å². The molecule has 0 aromatic rings. The summed E-state index contributed by atoms with van der Waals surface area (Å²) < 4.78 is 43.1. The first-order chi connectivity index (χ1) is 17.1. The maximum atomic E-state index is 11.4. The third kappa shape index (κ3) is 10.2. The molecule has 0 saturated carbocycles. The van der Waals surface area contributed by atoms with Crippen molar-refractivity contribution in [1.29, 1.82) is 0 Å². The summed E-state index contributed by atoms with van der Waals surface area (Å²) in [5.74, 6) is -0.762. The van der Waals surface area contributed by atoms with Gasteiger partial charge < -0.3 is 36.3 Å². The van der Waals surface area contributed by atoms with Crippen LogP contribution in [0.5, 0.6) is 0 Å². The predicted molar refractivity (Wildman–Crippen MR) is 141 cm³/mol. The van der Waals surface area contributed by atoms with Crippen LogP contribution in [0.1, 0.15) is 45.4 Å². The summed E-state index contributed by atoms with van der Waals surface area (Å²) in [4.78, 5) is 22.1. The lowest BCUT2D eigenvalue weighted by Gasteiger charge is -2.48. The molecule has 0 bridgehead atoms. The molecule has 0 aliphatic carbocycles. The van der Waals surface area contributed by atoms with Crippen LogP contribution < -0.4 is 0 Å². The molecular formula is C24H46O10Si2. The van der Waals surface area contributed by atoms with E-state index in [9.17, 15) is 9.59 Å². The normalized spacial score (nSPS) is 19.0. The highest BCUT2D eigenvalue weighted by Gasteiger charge is 2.58. The third-order valence-electron chi connectivity index (χ3n) is 6.36. The number of hydrogen-bond acceptors (Lipinski definition) is 10. The topological polar surface area (TPSA) is 108 Å². The molecule has 1 unspecified atom stereocenters. The molecular weight excluding hydrogens is 504 g/mol. The zero-order chi connectivity index (χ0) is 27.7. The van der Waals surface area contributed by atoms with Crippen molar-refractivity contribution in [3.8, 4) is 0 Å². The molecule has 0 N–H and O–H groups in total. The Morgan fingerprint density at radius 3 is 2.00 bits per heavy atom. The first-order valence-electron chi connectivity index (χ1n) is 12.0. The van der Waals surface area contributed by atoms with E-state index in [0.717, 1.165) is 44.2 Å². The number of methoxy groups -OCH3 is 1. The van der Waals surface area contributed by atoms with Crippen LogP contribution in [0.15, 0.2) is 24.8 Å². The maximum absolute atomic E-state index is 11.4. The molecule has 36 heavy (non-hydrogen) atoms. The predicted octanol–water partition coefficient (Wildman–Crippen LogP) is 3.71.